The number of sulfone groups is 1. The molecule has 0 spiro atoms. The van der Waals surface area contributed by atoms with Crippen molar-refractivity contribution < 1.29 is 17.6 Å². The van der Waals surface area contributed by atoms with Crippen molar-refractivity contribution in [3.8, 4) is 0 Å². The Morgan fingerprint density at radius 3 is 2.45 bits per heavy atom. The van der Waals surface area contributed by atoms with E-state index in [0.717, 1.165) is 32.1 Å². The fourth-order valence-electron chi connectivity index (χ4n) is 3.79. The fourth-order valence-corrected chi connectivity index (χ4v) is 5.41. The molecule has 1 saturated heterocycles. The van der Waals surface area contributed by atoms with E-state index in [4.69, 9.17) is 0 Å². The predicted octanol–water partition coefficient (Wildman–Crippen LogP) is 1.88. The van der Waals surface area contributed by atoms with Gasteiger partial charge in [0.25, 0.3) is 0 Å². The van der Waals surface area contributed by atoms with Gasteiger partial charge in [-0.15, -0.1) is 0 Å². The monoisotopic (exact) mass is 332 g/mol. The largest absolute Gasteiger partial charge is 0.332 e. The average Bonchev–Trinajstić information content (AvgIpc) is 2.38. The molecular weight excluding hydrogens is 307 g/mol. The molecule has 7 heteroatoms. The van der Waals surface area contributed by atoms with Crippen molar-refractivity contribution in [3.05, 3.63) is 0 Å². The number of carbonyl (C=O) groups is 1. The summed E-state index contributed by atoms with van der Waals surface area (Å²) < 4.78 is 37.7. The van der Waals surface area contributed by atoms with Gasteiger partial charge in [0, 0.05) is 6.54 Å². The van der Waals surface area contributed by atoms with Crippen LogP contribution in [0.4, 0.5) is 9.18 Å². The molecule has 126 valence electrons. The van der Waals surface area contributed by atoms with Crippen LogP contribution in [0, 0.1) is 5.92 Å². The van der Waals surface area contributed by atoms with Gasteiger partial charge in [-0.05, 0) is 31.6 Å². The number of amides is 2. The predicted molar refractivity (Wildman–Crippen MR) is 82.2 cm³/mol. The second kappa shape index (κ2) is 6.34. The van der Waals surface area contributed by atoms with Crippen molar-refractivity contribution >= 4 is 15.9 Å². The smallest absolute Gasteiger partial charge is 0.318 e. The van der Waals surface area contributed by atoms with Crippen LogP contribution in [0.1, 0.15) is 44.9 Å². The van der Waals surface area contributed by atoms with Crippen molar-refractivity contribution in [1.29, 1.82) is 0 Å². The van der Waals surface area contributed by atoms with Crippen LogP contribution >= 0.6 is 0 Å². The van der Waals surface area contributed by atoms with Gasteiger partial charge in [-0.25, -0.2) is 17.6 Å². The minimum Gasteiger partial charge on any atom is -0.332 e. The van der Waals surface area contributed by atoms with E-state index in [9.17, 15) is 17.6 Å². The zero-order valence-electron chi connectivity index (χ0n) is 12.8. The van der Waals surface area contributed by atoms with Crippen LogP contribution in [0.5, 0.6) is 0 Å². The van der Waals surface area contributed by atoms with Crippen LogP contribution in [-0.4, -0.2) is 55.7 Å². The third-order valence-electron chi connectivity index (χ3n) is 5.41. The molecule has 0 radical (unpaired) electrons. The molecule has 22 heavy (non-hydrogen) atoms. The molecule has 3 atom stereocenters. The third-order valence-corrected chi connectivity index (χ3v) is 7.07. The first kappa shape index (κ1) is 16.0. The number of carbonyl (C=O) groups excluding carboxylic acids is 1. The molecule has 2 saturated carbocycles. The van der Waals surface area contributed by atoms with Gasteiger partial charge in [-0.2, -0.15) is 0 Å². The lowest BCUT2D eigenvalue weighted by atomic mass is 9.79. The first-order valence-electron chi connectivity index (χ1n) is 8.38. The Hall–Kier alpha value is -0.850. The molecular formula is C15H25FN2O3S. The van der Waals surface area contributed by atoms with E-state index in [2.05, 4.69) is 5.32 Å². The SMILES string of the molecule is O=C(N[C@@H]1CCCC[C@H]1F)N1CCS(=O)(=O)CC1C1CCC1. The highest BCUT2D eigenvalue weighted by Gasteiger charge is 2.41. The van der Waals surface area contributed by atoms with Gasteiger partial charge in [-0.3, -0.25) is 0 Å². The molecule has 0 aromatic carbocycles. The highest BCUT2D eigenvalue weighted by atomic mass is 32.2. The summed E-state index contributed by atoms with van der Waals surface area (Å²) in [7, 11) is -3.06. The standard InChI is InChI=1S/C15H25FN2O3S/c16-12-6-1-2-7-13(12)17-15(19)18-8-9-22(20,21)10-14(18)11-4-3-5-11/h11-14H,1-10H2,(H,17,19)/t12-,13-,14?/m1/s1. The van der Waals surface area contributed by atoms with Crippen LogP contribution < -0.4 is 5.32 Å². The number of hydrogen-bond acceptors (Lipinski definition) is 3. The van der Waals surface area contributed by atoms with E-state index in [1.54, 1.807) is 4.90 Å². The summed E-state index contributed by atoms with van der Waals surface area (Å²) in [6, 6.07) is -0.919. The van der Waals surface area contributed by atoms with Gasteiger partial charge in [0.05, 0.1) is 23.6 Å². The molecule has 1 N–H and O–H groups in total. The highest BCUT2D eigenvalue weighted by molar-refractivity contribution is 7.91. The molecule has 3 fully saturated rings. The summed E-state index contributed by atoms with van der Waals surface area (Å²) >= 11 is 0. The topological polar surface area (TPSA) is 66.5 Å². The number of alkyl halides is 1. The summed E-state index contributed by atoms with van der Waals surface area (Å²) in [5.74, 6) is 0.371. The lowest BCUT2D eigenvalue weighted by molar-refractivity contribution is 0.113. The van der Waals surface area contributed by atoms with E-state index < -0.39 is 22.1 Å². The highest BCUT2D eigenvalue weighted by Crippen LogP contribution is 2.34. The molecule has 0 bridgehead atoms. The van der Waals surface area contributed by atoms with E-state index in [1.165, 1.54) is 0 Å². The van der Waals surface area contributed by atoms with Crippen molar-refractivity contribution in [2.75, 3.05) is 18.1 Å². The summed E-state index contributed by atoms with van der Waals surface area (Å²) in [4.78, 5) is 14.2. The van der Waals surface area contributed by atoms with E-state index in [-0.39, 0.29) is 36.0 Å². The number of rotatable bonds is 2. The van der Waals surface area contributed by atoms with Crippen molar-refractivity contribution in [2.45, 2.75) is 63.2 Å². The van der Waals surface area contributed by atoms with Crippen molar-refractivity contribution in [1.82, 2.24) is 10.2 Å². The fraction of sp³-hybridized carbons (Fsp3) is 0.933. The molecule has 1 unspecified atom stereocenters. The molecule has 2 aliphatic carbocycles. The Morgan fingerprint density at radius 2 is 1.82 bits per heavy atom. The van der Waals surface area contributed by atoms with E-state index >= 15 is 0 Å². The minimum absolute atomic E-state index is 0.0212. The van der Waals surface area contributed by atoms with Crippen LogP contribution in [0.25, 0.3) is 0 Å². The third kappa shape index (κ3) is 3.39. The van der Waals surface area contributed by atoms with Crippen molar-refractivity contribution in [3.63, 3.8) is 0 Å². The first-order chi connectivity index (χ1) is 10.5. The second-order valence-corrected chi connectivity index (χ2v) is 9.15. The Balaban J connectivity index is 1.66. The quantitative estimate of drug-likeness (QED) is 0.839. The maximum Gasteiger partial charge on any atom is 0.318 e. The number of halogens is 1. The molecule has 1 aliphatic heterocycles. The summed E-state index contributed by atoms with van der Waals surface area (Å²) in [6.45, 7) is 0.235. The Kier molecular flexibility index (Phi) is 4.61. The van der Waals surface area contributed by atoms with Crippen molar-refractivity contribution in [2.24, 2.45) is 5.92 Å². The maximum absolute atomic E-state index is 13.9. The zero-order valence-corrected chi connectivity index (χ0v) is 13.7. The number of nitrogens with one attached hydrogen (secondary N) is 1. The van der Waals surface area contributed by atoms with Gasteiger partial charge >= 0.3 is 6.03 Å². The normalized spacial score (nSPS) is 35.7. The average molecular weight is 332 g/mol. The molecule has 2 amide bonds. The lowest BCUT2D eigenvalue weighted by Crippen LogP contribution is -2.60. The second-order valence-electron chi connectivity index (χ2n) is 6.92. The lowest BCUT2D eigenvalue weighted by Gasteiger charge is -2.44. The molecule has 3 aliphatic rings. The maximum atomic E-state index is 13.9. The van der Waals surface area contributed by atoms with Crippen LogP contribution in [0.15, 0.2) is 0 Å². The number of nitrogens with zero attached hydrogens (tertiary/aromatic N) is 1. The van der Waals surface area contributed by atoms with Crippen LogP contribution in [-0.2, 0) is 9.84 Å². The molecule has 5 nitrogen and oxygen atoms in total. The number of hydrogen-bond donors (Lipinski definition) is 1. The summed E-state index contributed by atoms with van der Waals surface area (Å²) in [5.41, 5.74) is 0. The number of urea groups is 1. The molecule has 0 aromatic heterocycles. The van der Waals surface area contributed by atoms with E-state index in [1.807, 2.05) is 0 Å². The van der Waals surface area contributed by atoms with Gasteiger partial charge in [-0.1, -0.05) is 19.3 Å². The minimum atomic E-state index is -3.06. The van der Waals surface area contributed by atoms with Gasteiger partial charge in [0.1, 0.15) is 6.17 Å². The zero-order chi connectivity index (χ0) is 15.7. The van der Waals surface area contributed by atoms with Crippen LogP contribution in [0.3, 0.4) is 0 Å². The summed E-state index contributed by atoms with van der Waals surface area (Å²) in [6.07, 6.45) is 5.09. The van der Waals surface area contributed by atoms with Gasteiger partial charge < -0.3 is 10.2 Å². The van der Waals surface area contributed by atoms with Gasteiger partial charge in [0.2, 0.25) is 0 Å². The van der Waals surface area contributed by atoms with Gasteiger partial charge in [0.15, 0.2) is 9.84 Å². The first-order valence-corrected chi connectivity index (χ1v) is 10.2. The Morgan fingerprint density at radius 1 is 1.09 bits per heavy atom. The Bertz CT molecular complexity index is 521. The molecule has 3 rings (SSSR count). The summed E-state index contributed by atoms with van der Waals surface area (Å²) in [5, 5.41) is 2.82. The Labute approximate surface area is 131 Å². The molecule has 1 heterocycles. The van der Waals surface area contributed by atoms with E-state index in [0.29, 0.717) is 12.8 Å². The van der Waals surface area contributed by atoms with Crippen LogP contribution in [0.2, 0.25) is 0 Å². The molecule has 0 aromatic rings.